The molecule has 0 fully saturated rings. The second kappa shape index (κ2) is 8.24. The first kappa shape index (κ1) is 20.2. The van der Waals surface area contributed by atoms with Gasteiger partial charge >= 0.3 is 0 Å². The molecule has 1 aromatic heterocycles. The maximum absolute atomic E-state index is 12.4. The average molecular weight is 390 g/mol. The number of aryl methyl sites for hydroxylation is 2. The van der Waals surface area contributed by atoms with Gasteiger partial charge in [0.25, 0.3) is 0 Å². The number of nitrogens with one attached hydrogen (secondary N) is 1. The molecule has 0 atom stereocenters. The topological polar surface area (TPSA) is 42.0 Å². The Labute approximate surface area is 169 Å². The molecule has 0 spiro atoms. The number of amides is 1. The SMILES string of the molecule is Cc1cccc(P(c2cccc(C)c2)c2cccc(NC(=O)C(C)(C)C)n2)c1. The van der Waals surface area contributed by atoms with Crippen LogP contribution in [-0.4, -0.2) is 10.9 Å². The largest absolute Gasteiger partial charge is 0.310 e. The predicted molar refractivity (Wildman–Crippen MR) is 121 cm³/mol. The zero-order valence-corrected chi connectivity index (χ0v) is 18.0. The average Bonchev–Trinajstić information content (AvgIpc) is 2.62. The van der Waals surface area contributed by atoms with Crippen molar-refractivity contribution in [3.63, 3.8) is 0 Å². The monoisotopic (exact) mass is 390 g/mol. The zero-order chi connectivity index (χ0) is 20.3. The van der Waals surface area contributed by atoms with Crippen molar-refractivity contribution in [2.24, 2.45) is 5.41 Å². The summed E-state index contributed by atoms with van der Waals surface area (Å²) in [5.41, 5.74) is 2.98. The van der Waals surface area contributed by atoms with Gasteiger partial charge in [-0.1, -0.05) is 86.5 Å². The van der Waals surface area contributed by atoms with E-state index in [1.165, 1.54) is 21.7 Å². The summed E-state index contributed by atoms with van der Waals surface area (Å²) in [5.74, 6) is 0.567. The van der Waals surface area contributed by atoms with Gasteiger partial charge in [-0.2, -0.15) is 0 Å². The minimum Gasteiger partial charge on any atom is -0.310 e. The van der Waals surface area contributed by atoms with Gasteiger partial charge in [0.15, 0.2) is 0 Å². The van der Waals surface area contributed by atoms with Crippen molar-refractivity contribution < 1.29 is 4.79 Å². The summed E-state index contributed by atoms with van der Waals surface area (Å²) in [5, 5.41) is 5.48. The Hall–Kier alpha value is -2.51. The van der Waals surface area contributed by atoms with Crippen LogP contribution >= 0.6 is 7.92 Å². The van der Waals surface area contributed by atoms with Crippen molar-refractivity contribution in [3.8, 4) is 0 Å². The lowest BCUT2D eigenvalue weighted by Gasteiger charge is -2.21. The highest BCUT2D eigenvalue weighted by Gasteiger charge is 2.23. The van der Waals surface area contributed by atoms with Crippen LogP contribution in [0.5, 0.6) is 0 Å². The molecule has 0 unspecified atom stereocenters. The third-order valence-electron chi connectivity index (χ3n) is 4.41. The molecule has 2 aromatic carbocycles. The van der Waals surface area contributed by atoms with Crippen molar-refractivity contribution in [2.75, 3.05) is 5.32 Å². The number of nitrogens with zero attached hydrogens (tertiary/aromatic N) is 1. The Morgan fingerprint density at radius 1 is 0.857 bits per heavy atom. The fourth-order valence-corrected chi connectivity index (χ4v) is 5.27. The molecule has 0 saturated carbocycles. The minimum absolute atomic E-state index is 0.0346. The van der Waals surface area contributed by atoms with E-state index in [9.17, 15) is 4.79 Å². The molecule has 28 heavy (non-hydrogen) atoms. The van der Waals surface area contributed by atoms with Crippen molar-refractivity contribution in [2.45, 2.75) is 34.6 Å². The first-order valence-electron chi connectivity index (χ1n) is 9.46. The Morgan fingerprint density at radius 2 is 1.39 bits per heavy atom. The molecule has 3 rings (SSSR count). The standard InChI is InChI=1S/C24H27N2OP/c1-17-9-6-11-19(15-17)28(20-12-7-10-18(2)16-20)22-14-8-13-21(25-22)26-23(27)24(3,4)5/h6-16H,1-5H3,(H,25,26,27). The van der Waals surface area contributed by atoms with Gasteiger partial charge < -0.3 is 5.32 Å². The summed E-state index contributed by atoms with van der Waals surface area (Å²) >= 11 is 0. The number of anilines is 1. The molecule has 0 radical (unpaired) electrons. The van der Waals surface area contributed by atoms with Crippen LogP contribution in [0.3, 0.4) is 0 Å². The highest BCUT2D eigenvalue weighted by molar-refractivity contribution is 7.79. The number of aromatic nitrogens is 1. The zero-order valence-electron chi connectivity index (χ0n) is 17.2. The molecule has 0 saturated heterocycles. The number of hydrogen-bond donors (Lipinski definition) is 1. The molecular weight excluding hydrogens is 363 g/mol. The van der Waals surface area contributed by atoms with Crippen molar-refractivity contribution >= 4 is 35.7 Å². The summed E-state index contributed by atoms with van der Waals surface area (Å²) in [6, 6.07) is 23.1. The van der Waals surface area contributed by atoms with Crippen LogP contribution in [0, 0.1) is 19.3 Å². The number of hydrogen-bond acceptors (Lipinski definition) is 2. The molecule has 1 heterocycles. The molecular formula is C24H27N2OP. The van der Waals surface area contributed by atoms with Gasteiger partial charge in [0.2, 0.25) is 5.91 Å². The number of pyridine rings is 1. The van der Waals surface area contributed by atoms with Crippen LogP contribution in [0.2, 0.25) is 0 Å². The smallest absolute Gasteiger partial charge is 0.230 e. The Kier molecular flexibility index (Phi) is 5.96. The quantitative estimate of drug-likeness (QED) is 0.669. The van der Waals surface area contributed by atoms with Gasteiger partial charge in [-0.3, -0.25) is 4.79 Å². The maximum Gasteiger partial charge on any atom is 0.230 e. The van der Waals surface area contributed by atoms with E-state index in [1.54, 1.807) is 0 Å². The third kappa shape index (κ3) is 4.85. The highest BCUT2D eigenvalue weighted by atomic mass is 31.1. The fraction of sp³-hybridized carbons (Fsp3) is 0.250. The van der Waals surface area contributed by atoms with Crippen LogP contribution < -0.4 is 21.4 Å². The van der Waals surface area contributed by atoms with Crippen molar-refractivity contribution in [1.82, 2.24) is 4.98 Å². The van der Waals surface area contributed by atoms with E-state index in [-0.39, 0.29) is 5.91 Å². The van der Waals surface area contributed by atoms with E-state index < -0.39 is 13.3 Å². The number of carbonyl (C=O) groups is 1. The number of rotatable bonds is 4. The van der Waals surface area contributed by atoms with Crippen LogP contribution in [0.1, 0.15) is 31.9 Å². The van der Waals surface area contributed by atoms with Crippen LogP contribution in [0.15, 0.2) is 66.7 Å². The Balaban J connectivity index is 2.06. The van der Waals surface area contributed by atoms with Crippen LogP contribution in [0.4, 0.5) is 5.82 Å². The lowest BCUT2D eigenvalue weighted by atomic mass is 9.96. The predicted octanol–water partition coefficient (Wildman–Crippen LogP) is 4.44. The van der Waals surface area contributed by atoms with Gasteiger partial charge in [-0.05, 0) is 36.6 Å². The molecule has 0 aliphatic rings. The van der Waals surface area contributed by atoms with E-state index >= 15 is 0 Å². The summed E-state index contributed by atoms with van der Waals surface area (Å²) in [4.78, 5) is 17.2. The second-order valence-electron chi connectivity index (χ2n) is 8.10. The Morgan fingerprint density at radius 3 is 1.89 bits per heavy atom. The van der Waals surface area contributed by atoms with Crippen LogP contribution in [-0.2, 0) is 4.79 Å². The summed E-state index contributed by atoms with van der Waals surface area (Å²) in [7, 11) is -0.810. The van der Waals surface area contributed by atoms with Crippen LogP contribution in [0.25, 0.3) is 0 Å². The first-order valence-corrected chi connectivity index (χ1v) is 10.8. The van der Waals surface area contributed by atoms with E-state index in [0.29, 0.717) is 5.82 Å². The van der Waals surface area contributed by atoms with Gasteiger partial charge in [-0.25, -0.2) is 4.98 Å². The summed E-state index contributed by atoms with van der Waals surface area (Å²) < 4.78 is 0. The van der Waals surface area contributed by atoms with Gasteiger partial charge in [0.1, 0.15) is 5.82 Å². The summed E-state index contributed by atoms with van der Waals surface area (Å²) in [6.07, 6.45) is 0. The molecule has 1 N–H and O–H groups in total. The molecule has 1 amide bonds. The molecule has 144 valence electrons. The first-order chi connectivity index (χ1) is 13.2. The normalized spacial score (nSPS) is 11.5. The fourth-order valence-electron chi connectivity index (χ4n) is 2.87. The van der Waals surface area contributed by atoms with E-state index in [2.05, 4.69) is 73.8 Å². The minimum atomic E-state index is -0.810. The molecule has 4 heteroatoms. The maximum atomic E-state index is 12.4. The Bertz CT molecular complexity index is 946. The van der Waals surface area contributed by atoms with Crippen molar-refractivity contribution in [3.05, 3.63) is 77.9 Å². The molecule has 0 bridgehead atoms. The van der Waals surface area contributed by atoms with E-state index in [4.69, 9.17) is 4.98 Å². The van der Waals surface area contributed by atoms with Gasteiger partial charge in [0.05, 0.1) is 5.44 Å². The lowest BCUT2D eigenvalue weighted by molar-refractivity contribution is -0.123. The number of benzene rings is 2. The lowest BCUT2D eigenvalue weighted by Crippen LogP contribution is -2.29. The molecule has 3 aromatic rings. The van der Waals surface area contributed by atoms with Gasteiger partial charge in [0, 0.05) is 13.3 Å². The summed E-state index contributed by atoms with van der Waals surface area (Å²) in [6.45, 7) is 9.93. The van der Waals surface area contributed by atoms with Crippen molar-refractivity contribution in [1.29, 1.82) is 0 Å². The second-order valence-corrected chi connectivity index (χ2v) is 10.3. The number of carbonyl (C=O) groups excluding carboxylic acids is 1. The van der Waals surface area contributed by atoms with Gasteiger partial charge in [-0.15, -0.1) is 0 Å². The third-order valence-corrected chi connectivity index (χ3v) is 6.70. The van der Waals surface area contributed by atoms with E-state index in [1.807, 2.05) is 32.9 Å². The molecule has 3 nitrogen and oxygen atoms in total. The molecule has 0 aliphatic carbocycles. The molecule has 0 aliphatic heterocycles. The van der Waals surface area contributed by atoms with E-state index in [0.717, 1.165) is 5.44 Å². The highest BCUT2D eigenvalue weighted by Crippen LogP contribution is 2.33.